The van der Waals surface area contributed by atoms with E-state index in [2.05, 4.69) is 4.84 Å². The number of alkyl halides is 3. The number of nitrogens with zero attached hydrogens (tertiary/aromatic N) is 2. The Bertz CT molecular complexity index is 331. The molecule has 18 heavy (non-hydrogen) atoms. The molecule has 1 saturated heterocycles. The van der Waals surface area contributed by atoms with Gasteiger partial charge in [0.2, 0.25) is 5.91 Å². The molecule has 1 aliphatic rings. The average molecular weight is 268 g/mol. The molecule has 0 aromatic carbocycles. The van der Waals surface area contributed by atoms with Crippen molar-refractivity contribution in [1.82, 2.24) is 9.96 Å². The largest absolute Gasteiger partial charge is 0.492 e. The lowest BCUT2D eigenvalue weighted by Crippen LogP contribution is -2.45. The maximum absolute atomic E-state index is 12.0. The first kappa shape index (κ1) is 14.7. The second-order valence-corrected chi connectivity index (χ2v) is 4.34. The topological polar surface area (TPSA) is 49.9 Å². The van der Waals surface area contributed by atoms with E-state index in [1.54, 1.807) is 14.1 Å². The Morgan fingerprint density at radius 2 is 1.94 bits per heavy atom. The highest BCUT2D eigenvalue weighted by atomic mass is 19.4. The van der Waals surface area contributed by atoms with E-state index in [0.29, 0.717) is 12.8 Å². The number of piperidine rings is 1. The van der Waals surface area contributed by atoms with Crippen molar-refractivity contribution in [2.24, 2.45) is 5.92 Å². The lowest BCUT2D eigenvalue weighted by molar-refractivity contribution is -0.243. The van der Waals surface area contributed by atoms with Gasteiger partial charge in [-0.2, -0.15) is 13.2 Å². The minimum absolute atomic E-state index is 0.00116. The standard InChI is InChI=1S/C10H15F3N2O3/c1-14(2)8(16)7-4-3-5-15(6-7)18-9(17)10(11,12)13/h7H,3-6H2,1-2H3. The fourth-order valence-corrected chi connectivity index (χ4v) is 1.76. The Hall–Kier alpha value is -1.31. The molecule has 5 nitrogen and oxygen atoms in total. The highest BCUT2D eigenvalue weighted by Gasteiger charge is 2.43. The predicted molar refractivity (Wildman–Crippen MR) is 55.1 cm³/mol. The van der Waals surface area contributed by atoms with Crippen LogP contribution in [0.5, 0.6) is 0 Å². The van der Waals surface area contributed by atoms with Gasteiger partial charge in [0.05, 0.1) is 5.92 Å². The number of rotatable bonds is 2. The number of amides is 1. The molecule has 0 saturated carbocycles. The van der Waals surface area contributed by atoms with Crippen LogP contribution in [0.3, 0.4) is 0 Å². The summed E-state index contributed by atoms with van der Waals surface area (Å²) in [6.45, 7) is 0.206. The van der Waals surface area contributed by atoms with Crippen molar-refractivity contribution in [2.45, 2.75) is 19.0 Å². The van der Waals surface area contributed by atoms with Crippen molar-refractivity contribution in [1.29, 1.82) is 0 Å². The highest BCUT2D eigenvalue weighted by molar-refractivity contribution is 5.78. The van der Waals surface area contributed by atoms with Crippen molar-refractivity contribution < 1.29 is 27.6 Å². The molecular formula is C10H15F3N2O3. The highest BCUT2D eigenvalue weighted by Crippen LogP contribution is 2.22. The van der Waals surface area contributed by atoms with E-state index in [9.17, 15) is 22.8 Å². The molecule has 1 heterocycles. The minimum atomic E-state index is -5.02. The molecule has 0 aliphatic carbocycles. The van der Waals surface area contributed by atoms with E-state index >= 15 is 0 Å². The Morgan fingerprint density at radius 3 is 2.44 bits per heavy atom. The second kappa shape index (κ2) is 5.55. The van der Waals surface area contributed by atoms with Gasteiger partial charge in [-0.05, 0) is 12.8 Å². The van der Waals surface area contributed by atoms with Gasteiger partial charge in [0, 0.05) is 27.2 Å². The van der Waals surface area contributed by atoms with Gasteiger partial charge in [-0.1, -0.05) is 0 Å². The van der Waals surface area contributed by atoms with E-state index in [-0.39, 0.29) is 19.0 Å². The zero-order valence-electron chi connectivity index (χ0n) is 10.2. The molecule has 0 N–H and O–H groups in total. The number of carbonyl (C=O) groups is 2. The van der Waals surface area contributed by atoms with Crippen LogP contribution in [0.25, 0.3) is 0 Å². The lowest BCUT2D eigenvalue weighted by atomic mass is 9.98. The monoisotopic (exact) mass is 268 g/mol. The van der Waals surface area contributed by atoms with E-state index in [0.717, 1.165) is 5.06 Å². The van der Waals surface area contributed by atoms with Gasteiger partial charge in [-0.15, -0.1) is 5.06 Å². The number of carbonyl (C=O) groups excluding carboxylic acids is 2. The predicted octanol–water partition coefficient (Wildman–Crippen LogP) is 0.807. The van der Waals surface area contributed by atoms with Gasteiger partial charge in [-0.25, -0.2) is 4.79 Å². The molecule has 0 aromatic heterocycles. The molecule has 1 aliphatic heterocycles. The summed E-state index contributed by atoms with van der Waals surface area (Å²) in [5.41, 5.74) is 0. The SMILES string of the molecule is CN(C)C(=O)C1CCCN(OC(=O)C(F)(F)F)C1. The summed E-state index contributed by atoms with van der Waals surface area (Å²) in [6.07, 6.45) is -3.93. The number of halogens is 3. The lowest BCUT2D eigenvalue weighted by Gasteiger charge is -2.31. The molecule has 1 atom stereocenters. The molecule has 8 heteroatoms. The fraction of sp³-hybridized carbons (Fsp3) is 0.800. The van der Waals surface area contributed by atoms with Gasteiger partial charge < -0.3 is 9.74 Å². The van der Waals surface area contributed by atoms with Crippen LogP contribution in [0.4, 0.5) is 13.2 Å². The van der Waals surface area contributed by atoms with Crippen LogP contribution in [0.2, 0.25) is 0 Å². The first-order chi connectivity index (χ1) is 8.21. The maximum atomic E-state index is 12.0. The Morgan fingerprint density at radius 1 is 1.33 bits per heavy atom. The van der Waals surface area contributed by atoms with Crippen LogP contribution < -0.4 is 0 Å². The molecule has 1 unspecified atom stereocenters. The molecule has 0 bridgehead atoms. The molecule has 0 radical (unpaired) electrons. The zero-order valence-corrected chi connectivity index (χ0v) is 10.2. The Labute approximate surface area is 102 Å². The van der Waals surface area contributed by atoms with Gasteiger partial charge in [0.25, 0.3) is 0 Å². The smallest absolute Gasteiger partial charge is 0.361 e. The van der Waals surface area contributed by atoms with Crippen LogP contribution in [0.1, 0.15) is 12.8 Å². The maximum Gasteiger partial charge on any atom is 0.492 e. The Kier molecular flexibility index (Phi) is 4.55. The number of hydroxylamine groups is 2. The number of hydrogen-bond donors (Lipinski definition) is 0. The molecular weight excluding hydrogens is 253 g/mol. The van der Waals surface area contributed by atoms with Gasteiger partial charge in [-0.3, -0.25) is 4.79 Å². The third kappa shape index (κ3) is 3.86. The number of hydrogen-bond acceptors (Lipinski definition) is 4. The molecule has 1 amide bonds. The zero-order chi connectivity index (χ0) is 13.9. The van der Waals surface area contributed by atoms with Crippen LogP contribution in [-0.2, 0) is 14.4 Å². The molecule has 1 rings (SSSR count). The van der Waals surface area contributed by atoms with Crippen molar-refractivity contribution in [2.75, 3.05) is 27.2 Å². The van der Waals surface area contributed by atoms with Crippen molar-refractivity contribution in [3.8, 4) is 0 Å². The summed E-state index contributed by atoms with van der Waals surface area (Å²) in [5.74, 6) is -2.86. The van der Waals surface area contributed by atoms with Crippen LogP contribution >= 0.6 is 0 Å². The van der Waals surface area contributed by atoms with E-state index < -0.39 is 18.1 Å². The van der Waals surface area contributed by atoms with E-state index in [1.807, 2.05) is 0 Å². The molecule has 104 valence electrons. The van der Waals surface area contributed by atoms with Crippen molar-refractivity contribution >= 4 is 11.9 Å². The van der Waals surface area contributed by atoms with E-state index in [4.69, 9.17) is 0 Å². The van der Waals surface area contributed by atoms with Gasteiger partial charge >= 0.3 is 12.1 Å². The first-order valence-electron chi connectivity index (χ1n) is 5.47. The van der Waals surface area contributed by atoms with E-state index in [1.165, 1.54) is 4.90 Å². The molecule has 0 spiro atoms. The van der Waals surface area contributed by atoms with Gasteiger partial charge in [0.15, 0.2) is 0 Å². The van der Waals surface area contributed by atoms with Gasteiger partial charge in [0.1, 0.15) is 0 Å². The summed E-state index contributed by atoms with van der Waals surface area (Å²) in [5, 5.41) is 0.908. The molecule has 0 aromatic rings. The molecule has 1 fully saturated rings. The summed E-state index contributed by atoms with van der Waals surface area (Å²) >= 11 is 0. The average Bonchev–Trinajstić information content (AvgIpc) is 2.27. The summed E-state index contributed by atoms with van der Waals surface area (Å²) in [6, 6.07) is 0. The third-order valence-corrected chi connectivity index (χ3v) is 2.62. The summed E-state index contributed by atoms with van der Waals surface area (Å²) < 4.78 is 36.0. The van der Waals surface area contributed by atoms with Crippen molar-refractivity contribution in [3.63, 3.8) is 0 Å². The summed E-state index contributed by atoms with van der Waals surface area (Å²) in [7, 11) is 3.14. The Balaban J connectivity index is 2.54. The fourth-order valence-electron chi connectivity index (χ4n) is 1.76. The third-order valence-electron chi connectivity index (χ3n) is 2.62. The second-order valence-electron chi connectivity index (χ2n) is 4.34. The normalized spacial score (nSPS) is 21.5. The summed E-state index contributed by atoms with van der Waals surface area (Å²) in [4.78, 5) is 27.9. The van der Waals surface area contributed by atoms with Crippen molar-refractivity contribution in [3.05, 3.63) is 0 Å². The van der Waals surface area contributed by atoms with Crippen LogP contribution in [0.15, 0.2) is 0 Å². The minimum Gasteiger partial charge on any atom is -0.361 e. The quantitative estimate of drug-likeness (QED) is 0.743. The van der Waals surface area contributed by atoms with Crippen LogP contribution in [0, 0.1) is 5.92 Å². The van der Waals surface area contributed by atoms with Crippen LogP contribution in [-0.4, -0.2) is 55.2 Å². The first-order valence-corrected chi connectivity index (χ1v) is 5.47.